The van der Waals surface area contributed by atoms with Crippen molar-refractivity contribution in [2.45, 2.75) is 4.75 Å². The molecule has 0 saturated heterocycles. The number of hydrogen-bond donors (Lipinski definition) is 2. The highest BCUT2D eigenvalue weighted by Gasteiger charge is 2.37. The second kappa shape index (κ2) is 5.27. The maximum Gasteiger partial charge on any atom is 0.244 e. The van der Waals surface area contributed by atoms with Crippen LogP contribution in [-0.2, 0) is 9.54 Å². The number of benzene rings is 2. The Bertz CT molecular complexity index is 485. The van der Waals surface area contributed by atoms with Gasteiger partial charge in [-0.15, -0.1) is 0 Å². The van der Waals surface area contributed by atoms with Crippen LogP contribution < -0.4 is 5.32 Å². The summed E-state index contributed by atoms with van der Waals surface area (Å²) in [6.45, 7) is 0. The van der Waals surface area contributed by atoms with Crippen molar-refractivity contribution in [3.63, 3.8) is 0 Å². The van der Waals surface area contributed by atoms with Gasteiger partial charge in [0.15, 0.2) is 0 Å². The predicted octanol–water partition coefficient (Wildman–Crippen LogP) is 2.61. The van der Waals surface area contributed by atoms with Crippen LogP contribution in [0.3, 0.4) is 0 Å². The molecule has 3 heteroatoms. The average Bonchev–Trinajstić information content (AvgIpc) is 2.47. The summed E-state index contributed by atoms with van der Waals surface area (Å²) in [7, 11) is 1.62. The SMILES string of the molecule is CNC(=O)C(S)(c1ccccc1)c1ccccc1. The van der Waals surface area contributed by atoms with Crippen LogP contribution >= 0.6 is 12.6 Å². The molecule has 2 rings (SSSR count). The van der Waals surface area contributed by atoms with E-state index in [4.69, 9.17) is 0 Å². The molecular weight excluding hydrogens is 242 g/mol. The van der Waals surface area contributed by atoms with Crippen LogP contribution in [0, 0.1) is 0 Å². The van der Waals surface area contributed by atoms with Crippen molar-refractivity contribution in [2.24, 2.45) is 0 Å². The molecule has 18 heavy (non-hydrogen) atoms. The molecule has 0 aliphatic carbocycles. The second-order valence-corrected chi connectivity index (χ2v) is 4.69. The number of rotatable bonds is 3. The van der Waals surface area contributed by atoms with Gasteiger partial charge in [-0.1, -0.05) is 60.7 Å². The summed E-state index contributed by atoms with van der Waals surface area (Å²) in [4.78, 5) is 12.2. The van der Waals surface area contributed by atoms with Gasteiger partial charge in [-0.25, -0.2) is 0 Å². The molecule has 1 amide bonds. The third kappa shape index (κ3) is 2.14. The van der Waals surface area contributed by atoms with E-state index in [-0.39, 0.29) is 5.91 Å². The van der Waals surface area contributed by atoms with Crippen LogP contribution in [0.15, 0.2) is 60.7 Å². The Kier molecular flexibility index (Phi) is 3.72. The Balaban J connectivity index is 2.59. The normalized spacial score (nSPS) is 11.0. The van der Waals surface area contributed by atoms with E-state index in [1.807, 2.05) is 60.7 Å². The number of amides is 1. The van der Waals surface area contributed by atoms with Crippen LogP contribution in [-0.4, -0.2) is 13.0 Å². The lowest BCUT2D eigenvalue weighted by Crippen LogP contribution is -2.39. The zero-order chi connectivity index (χ0) is 13.0. The first-order valence-corrected chi connectivity index (χ1v) is 6.20. The van der Waals surface area contributed by atoms with Crippen LogP contribution in [0.1, 0.15) is 11.1 Å². The molecule has 0 unspecified atom stereocenters. The molecule has 2 aromatic rings. The fourth-order valence-electron chi connectivity index (χ4n) is 1.97. The minimum atomic E-state index is -0.961. The number of carbonyl (C=O) groups is 1. The van der Waals surface area contributed by atoms with Crippen molar-refractivity contribution in [1.29, 1.82) is 0 Å². The summed E-state index contributed by atoms with van der Waals surface area (Å²) >= 11 is 4.66. The van der Waals surface area contributed by atoms with E-state index in [0.717, 1.165) is 11.1 Å². The lowest BCUT2D eigenvalue weighted by Gasteiger charge is -2.27. The second-order valence-electron chi connectivity index (χ2n) is 4.02. The number of thiol groups is 1. The third-order valence-corrected chi connectivity index (χ3v) is 3.66. The number of likely N-dealkylation sites (N-methyl/N-ethyl adjacent to an activating group) is 1. The van der Waals surface area contributed by atoms with Gasteiger partial charge < -0.3 is 5.32 Å². The lowest BCUT2D eigenvalue weighted by atomic mass is 9.89. The van der Waals surface area contributed by atoms with Gasteiger partial charge >= 0.3 is 0 Å². The molecule has 2 aromatic carbocycles. The first-order valence-electron chi connectivity index (χ1n) is 5.75. The minimum absolute atomic E-state index is 0.136. The first-order chi connectivity index (χ1) is 8.69. The van der Waals surface area contributed by atoms with Gasteiger partial charge in [-0.2, -0.15) is 12.6 Å². The molecule has 0 radical (unpaired) electrons. The van der Waals surface area contributed by atoms with E-state index >= 15 is 0 Å². The largest absolute Gasteiger partial charge is 0.357 e. The molecule has 0 aliphatic rings. The zero-order valence-corrected chi connectivity index (χ0v) is 11.0. The van der Waals surface area contributed by atoms with Crippen molar-refractivity contribution in [3.8, 4) is 0 Å². The third-order valence-electron chi connectivity index (χ3n) is 2.94. The molecule has 0 heterocycles. The van der Waals surface area contributed by atoms with Crippen LogP contribution in [0.4, 0.5) is 0 Å². The molecular formula is C15H15NOS. The van der Waals surface area contributed by atoms with E-state index in [1.165, 1.54) is 0 Å². The summed E-state index contributed by atoms with van der Waals surface area (Å²) in [5.41, 5.74) is 1.72. The maximum absolute atomic E-state index is 12.2. The van der Waals surface area contributed by atoms with E-state index < -0.39 is 4.75 Å². The Labute approximate surface area is 112 Å². The average molecular weight is 257 g/mol. The molecule has 92 valence electrons. The Morgan fingerprint density at radius 3 is 1.67 bits per heavy atom. The predicted molar refractivity (Wildman–Crippen MR) is 76.7 cm³/mol. The van der Waals surface area contributed by atoms with Gasteiger partial charge in [0.05, 0.1) is 0 Å². The van der Waals surface area contributed by atoms with Gasteiger partial charge in [0.1, 0.15) is 4.75 Å². The molecule has 1 N–H and O–H groups in total. The molecule has 2 nitrogen and oxygen atoms in total. The molecule has 0 atom stereocenters. The van der Waals surface area contributed by atoms with Gasteiger partial charge in [0.25, 0.3) is 0 Å². The summed E-state index contributed by atoms with van der Waals surface area (Å²) in [6, 6.07) is 19.1. The molecule has 0 fully saturated rings. The Hall–Kier alpha value is -1.74. The van der Waals surface area contributed by atoms with E-state index in [2.05, 4.69) is 17.9 Å². The van der Waals surface area contributed by atoms with E-state index in [1.54, 1.807) is 7.05 Å². The monoisotopic (exact) mass is 257 g/mol. The molecule has 0 spiro atoms. The van der Waals surface area contributed by atoms with Crippen molar-refractivity contribution in [2.75, 3.05) is 7.05 Å². The highest BCUT2D eigenvalue weighted by Crippen LogP contribution is 2.36. The van der Waals surface area contributed by atoms with Crippen LogP contribution in [0.5, 0.6) is 0 Å². The summed E-state index contributed by atoms with van der Waals surface area (Å²) in [5, 5.41) is 2.69. The quantitative estimate of drug-likeness (QED) is 0.813. The van der Waals surface area contributed by atoms with Gasteiger partial charge in [-0.3, -0.25) is 4.79 Å². The highest BCUT2D eigenvalue weighted by atomic mass is 32.1. The van der Waals surface area contributed by atoms with Crippen molar-refractivity contribution >= 4 is 18.5 Å². The van der Waals surface area contributed by atoms with Crippen LogP contribution in [0.2, 0.25) is 0 Å². The standard InChI is InChI=1S/C15H15NOS/c1-16-14(17)15(18,12-8-4-2-5-9-12)13-10-6-3-7-11-13/h2-11,18H,1H3,(H,16,17). The minimum Gasteiger partial charge on any atom is -0.357 e. The molecule has 0 aliphatic heterocycles. The van der Waals surface area contributed by atoms with E-state index in [0.29, 0.717) is 0 Å². The Morgan fingerprint density at radius 2 is 1.33 bits per heavy atom. The number of nitrogens with one attached hydrogen (secondary N) is 1. The van der Waals surface area contributed by atoms with Gasteiger partial charge in [0.2, 0.25) is 5.91 Å². The lowest BCUT2D eigenvalue weighted by molar-refractivity contribution is -0.122. The van der Waals surface area contributed by atoms with Gasteiger partial charge in [0, 0.05) is 7.05 Å². The number of hydrogen-bond acceptors (Lipinski definition) is 2. The fourth-order valence-corrected chi connectivity index (χ4v) is 2.38. The molecule has 0 saturated carbocycles. The smallest absolute Gasteiger partial charge is 0.244 e. The molecule has 0 aromatic heterocycles. The van der Waals surface area contributed by atoms with Crippen molar-refractivity contribution < 1.29 is 4.79 Å². The van der Waals surface area contributed by atoms with Gasteiger partial charge in [-0.05, 0) is 11.1 Å². The first kappa shape index (κ1) is 12.7. The molecule has 0 bridgehead atoms. The number of carbonyl (C=O) groups excluding carboxylic acids is 1. The highest BCUT2D eigenvalue weighted by molar-refractivity contribution is 7.82. The summed E-state index contributed by atoms with van der Waals surface area (Å²) < 4.78 is -0.961. The summed E-state index contributed by atoms with van der Waals surface area (Å²) in [6.07, 6.45) is 0. The fraction of sp³-hybridized carbons (Fsp3) is 0.133. The van der Waals surface area contributed by atoms with Crippen molar-refractivity contribution in [1.82, 2.24) is 5.32 Å². The maximum atomic E-state index is 12.2. The topological polar surface area (TPSA) is 29.1 Å². The Morgan fingerprint density at radius 1 is 0.944 bits per heavy atom. The van der Waals surface area contributed by atoms with Crippen LogP contribution in [0.25, 0.3) is 0 Å². The van der Waals surface area contributed by atoms with Crippen molar-refractivity contribution in [3.05, 3.63) is 71.8 Å². The zero-order valence-electron chi connectivity index (χ0n) is 10.1. The van der Waals surface area contributed by atoms with E-state index in [9.17, 15) is 4.79 Å². The summed E-state index contributed by atoms with van der Waals surface area (Å²) in [5.74, 6) is -0.136.